The number of hydrogen-bond donors (Lipinski definition) is 1. The van der Waals surface area contributed by atoms with E-state index in [1.165, 1.54) is 10.5 Å². The molecule has 0 amide bonds. The maximum absolute atomic E-state index is 5.02. The monoisotopic (exact) mass is 239 g/mol. The third-order valence-corrected chi connectivity index (χ3v) is 3.36. The van der Waals surface area contributed by atoms with Crippen LogP contribution in [-0.2, 0) is 11.3 Å². The van der Waals surface area contributed by atoms with Crippen molar-refractivity contribution in [3.8, 4) is 0 Å². The van der Waals surface area contributed by atoms with Gasteiger partial charge in [0.05, 0.1) is 0 Å². The van der Waals surface area contributed by atoms with Gasteiger partial charge in [-0.25, -0.2) is 0 Å². The van der Waals surface area contributed by atoms with Crippen LogP contribution >= 0.6 is 11.8 Å². The van der Waals surface area contributed by atoms with E-state index in [0.717, 1.165) is 31.9 Å². The highest BCUT2D eigenvalue weighted by atomic mass is 32.2. The fourth-order valence-electron chi connectivity index (χ4n) is 1.37. The molecule has 0 bridgehead atoms. The molecule has 1 N–H and O–H groups in total. The molecule has 0 aromatic heterocycles. The first kappa shape index (κ1) is 13.6. The Morgan fingerprint density at radius 2 is 2.00 bits per heavy atom. The molecule has 0 aliphatic heterocycles. The van der Waals surface area contributed by atoms with Crippen molar-refractivity contribution >= 4 is 11.8 Å². The number of benzene rings is 1. The molecule has 1 aromatic rings. The van der Waals surface area contributed by atoms with Gasteiger partial charge in [-0.15, -0.1) is 11.8 Å². The van der Waals surface area contributed by atoms with Gasteiger partial charge in [0, 0.05) is 30.9 Å². The second-order valence-corrected chi connectivity index (χ2v) is 4.79. The van der Waals surface area contributed by atoms with E-state index < -0.39 is 0 Å². The lowest BCUT2D eigenvalue weighted by atomic mass is 10.2. The van der Waals surface area contributed by atoms with Gasteiger partial charge >= 0.3 is 0 Å². The third kappa shape index (κ3) is 5.54. The highest BCUT2D eigenvalue weighted by Crippen LogP contribution is 2.19. The SMILES string of the molecule is CCNCc1ccc(SCCCOC)cc1. The molecule has 0 aliphatic carbocycles. The summed E-state index contributed by atoms with van der Waals surface area (Å²) in [6.45, 7) is 4.96. The van der Waals surface area contributed by atoms with Crippen LogP contribution in [0.15, 0.2) is 29.2 Å². The van der Waals surface area contributed by atoms with Gasteiger partial charge in [-0.05, 0) is 30.7 Å². The van der Waals surface area contributed by atoms with Gasteiger partial charge in [0.15, 0.2) is 0 Å². The van der Waals surface area contributed by atoms with Gasteiger partial charge in [-0.1, -0.05) is 19.1 Å². The van der Waals surface area contributed by atoms with Crippen molar-refractivity contribution in [3.05, 3.63) is 29.8 Å². The number of methoxy groups -OCH3 is 1. The smallest absolute Gasteiger partial charge is 0.0470 e. The molecule has 16 heavy (non-hydrogen) atoms. The molecule has 0 saturated carbocycles. The summed E-state index contributed by atoms with van der Waals surface area (Å²) in [5.41, 5.74) is 1.35. The van der Waals surface area contributed by atoms with Crippen LogP contribution in [-0.4, -0.2) is 26.0 Å². The molecule has 0 heterocycles. The van der Waals surface area contributed by atoms with Crippen LogP contribution in [0, 0.1) is 0 Å². The average Bonchev–Trinajstić information content (AvgIpc) is 2.33. The Labute approximate surface area is 103 Å². The molecule has 0 spiro atoms. The standard InChI is InChI=1S/C13H21NOS/c1-3-14-11-12-5-7-13(8-6-12)16-10-4-9-15-2/h5-8,14H,3-4,9-11H2,1-2H3. The maximum atomic E-state index is 5.02. The molecular formula is C13H21NOS. The van der Waals surface area contributed by atoms with Crippen molar-refractivity contribution in [3.63, 3.8) is 0 Å². The molecule has 1 aromatic carbocycles. The Bertz CT molecular complexity index is 274. The summed E-state index contributed by atoms with van der Waals surface area (Å²) in [5, 5.41) is 3.32. The Hall–Kier alpha value is -0.510. The summed E-state index contributed by atoms with van der Waals surface area (Å²) in [7, 11) is 1.75. The Morgan fingerprint density at radius 3 is 2.62 bits per heavy atom. The molecule has 0 fully saturated rings. The Kier molecular flexibility index (Phi) is 7.30. The summed E-state index contributed by atoms with van der Waals surface area (Å²) in [5.74, 6) is 1.13. The Morgan fingerprint density at radius 1 is 1.25 bits per heavy atom. The lowest BCUT2D eigenvalue weighted by molar-refractivity contribution is 0.200. The summed E-state index contributed by atoms with van der Waals surface area (Å²) in [6, 6.07) is 8.79. The van der Waals surface area contributed by atoms with Crippen molar-refractivity contribution in [2.75, 3.05) is 26.0 Å². The minimum Gasteiger partial charge on any atom is -0.385 e. The van der Waals surface area contributed by atoms with Gasteiger partial charge in [-0.2, -0.15) is 0 Å². The molecule has 0 aliphatic rings. The van der Waals surface area contributed by atoms with E-state index in [4.69, 9.17) is 4.74 Å². The summed E-state index contributed by atoms with van der Waals surface area (Å²) >= 11 is 1.89. The van der Waals surface area contributed by atoms with Crippen LogP contribution in [0.2, 0.25) is 0 Å². The van der Waals surface area contributed by atoms with Crippen LogP contribution in [0.3, 0.4) is 0 Å². The minimum atomic E-state index is 0.853. The molecule has 0 unspecified atom stereocenters. The third-order valence-electron chi connectivity index (χ3n) is 2.26. The molecule has 0 atom stereocenters. The van der Waals surface area contributed by atoms with E-state index >= 15 is 0 Å². The largest absolute Gasteiger partial charge is 0.385 e. The number of hydrogen-bond acceptors (Lipinski definition) is 3. The van der Waals surface area contributed by atoms with E-state index in [0.29, 0.717) is 0 Å². The molecular weight excluding hydrogens is 218 g/mol. The normalized spacial score (nSPS) is 10.6. The highest BCUT2D eigenvalue weighted by molar-refractivity contribution is 7.99. The van der Waals surface area contributed by atoms with Crippen molar-refractivity contribution in [1.82, 2.24) is 5.32 Å². The average molecular weight is 239 g/mol. The van der Waals surface area contributed by atoms with E-state index in [1.54, 1.807) is 7.11 Å². The van der Waals surface area contributed by atoms with Crippen molar-refractivity contribution in [2.24, 2.45) is 0 Å². The van der Waals surface area contributed by atoms with E-state index in [-0.39, 0.29) is 0 Å². The number of ether oxygens (including phenoxy) is 1. The first-order valence-corrected chi connectivity index (χ1v) is 6.76. The van der Waals surface area contributed by atoms with Crippen molar-refractivity contribution in [2.45, 2.75) is 24.8 Å². The van der Waals surface area contributed by atoms with E-state index in [2.05, 4.69) is 36.5 Å². The van der Waals surface area contributed by atoms with Crippen LogP contribution < -0.4 is 5.32 Å². The van der Waals surface area contributed by atoms with Gasteiger partial charge in [0.25, 0.3) is 0 Å². The van der Waals surface area contributed by atoms with E-state index in [1.807, 2.05) is 11.8 Å². The second-order valence-electron chi connectivity index (χ2n) is 3.62. The predicted octanol–water partition coefficient (Wildman–Crippen LogP) is 2.92. The van der Waals surface area contributed by atoms with Crippen molar-refractivity contribution in [1.29, 1.82) is 0 Å². The topological polar surface area (TPSA) is 21.3 Å². The van der Waals surface area contributed by atoms with Gasteiger partial charge in [0.1, 0.15) is 0 Å². The van der Waals surface area contributed by atoms with Crippen LogP contribution in [0.25, 0.3) is 0 Å². The number of thioether (sulfide) groups is 1. The van der Waals surface area contributed by atoms with Crippen LogP contribution in [0.4, 0.5) is 0 Å². The van der Waals surface area contributed by atoms with Gasteiger partial charge < -0.3 is 10.1 Å². The maximum Gasteiger partial charge on any atom is 0.0470 e. The summed E-state index contributed by atoms with van der Waals surface area (Å²) in [6.07, 6.45) is 1.11. The lowest BCUT2D eigenvalue weighted by Gasteiger charge is -2.04. The lowest BCUT2D eigenvalue weighted by Crippen LogP contribution is -2.11. The molecule has 90 valence electrons. The predicted molar refractivity (Wildman–Crippen MR) is 71.0 cm³/mol. The number of rotatable bonds is 8. The Balaban J connectivity index is 2.27. The fraction of sp³-hybridized carbons (Fsp3) is 0.538. The zero-order valence-electron chi connectivity index (χ0n) is 10.2. The zero-order valence-corrected chi connectivity index (χ0v) is 11.0. The molecule has 3 heteroatoms. The minimum absolute atomic E-state index is 0.853. The molecule has 0 saturated heterocycles. The highest BCUT2D eigenvalue weighted by Gasteiger charge is 1.95. The van der Waals surface area contributed by atoms with Crippen LogP contribution in [0.5, 0.6) is 0 Å². The molecule has 2 nitrogen and oxygen atoms in total. The molecule has 1 rings (SSSR count). The number of nitrogens with one attached hydrogen (secondary N) is 1. The van der Waals surface area contributed by atoms with Crippen LogP contribution in [0.1, 0.15) is 18.9 Å². The van der Waals surface area contributed by atoms with Gasteiger partial charge in [0.2, 0.25) is 0 Å². The quantitative estimate of drug-likeness (QED) is 0.557. The first-order valence-electron chi connectivity index (χ1n) is 5.78. The second kappa shape index (κ2) is 8.62. The van der Waals surface area contributed by atoms with Crippen molar-refractivity contribution < 1.29 is 4.74 Å². The summed E-state index contributed by atoms with van der Waals surface area (Å²) in [4.78, 5) is 1.34. The van der Waals surface area contributed by atoms with E-state index in [9.17, 15) is 0 Å². The van der Waals surface area contributed by atoms with Gasteiger partial charge in [-0.3, -0.25) is 0 Å². The first-order chi connectivity index (χ1) is 7.86. The zero-order chi connectivity index (χ0) is 11.6. The molecule has 0 radical (unpaired) electrons. The fourth-order valence-corrected chi connectivity index (χ4v) is 2.19. The summed E-state index contributed by atoms with van der Waals surface area (Å²) < 4.78 is 5.02.